The number of furan rings is 1. The molecule has 0 fully saturated rings. The number of nitrogen functional groups attached to an aromatic ring is 1. The van der Waals surface area contributed by atoms with Crippen molar-refractivity contribution in [3.8, 4) is 5.75 Å². The molecule has 3 aromatic rings. The lowest BCUT2D eigenvalue weighted by Gasteiger charge is -2.08. The van der Waals surface area contributed by atoms with Crippen LogP contribution in [-0.4, -0.2) is 28.0 Å². The Kier molecular flexibility index (Phi) is 6.25. The molecule has 0 aliphatic rings. The van der Waals surface area contributed by atoms with Gasteiger partial charge in [0, 0.05) is 0 Å². The first-order valence-electron chi connectivity index (χ1n) is 8.70. The van der Waals surface area contributed by atoms with Crippen LogP contribution < -0.4 is 10.6 Å². The molecule has 0 atom stereocenters. The highest BCUT2D eigenvalue weighted by Crippen LogP contribution is 2.23. The standard InChI is InChI=1S/C19H22N4O4S/c1-12(2)13-4-6-14(7-5-13)26-10-17-21-22-19(23(17)20)28-11-15-8-9-16(27-15)18(24)25-3/h4-9,12H,10-11,20H2,1-3H3. The monoisotopic (exact) mass is 402 g/mol. The van der Waals surface area contributed by atoms with E-state index in [4.69, 9.17) is 15.0 Å². The van der Waals surface area contributed by atoms with Crippen molar-refractivity contribution in [1.82, 2.24) is 14.9 Å². The van der Waals surface area contributed by atoms with Gasteiger partial charge in [-0.05, 0) is 35.7 Å². The van der Waals surface area contributed by atoms with Gasteiger partial charge in [0.15, 0.2) is 5.82 Å². The van der Waals surface area contributed by atoms with Crippen LogP contribution in [0.3, 0.4) is 0 Å². The Hall–Kier alpha value is -2.94. The molecule has 8 nitrogen and oxygen atoms in total. The SMILES string of the molecule is COC(=O)c1ccc(CSc2nnc(COc3ccc(C(C)C)cc3)n2N)o1. The number of benzene rings is 1. The Morgan fingerprint density at radius 1 is 1.21 bits per heavy atom. The molecule has 0 aliphatic heterocycles. The number of hydrogen-bond acceptors (Lipinski definition) is 8. The van der Waals surface area contributed by atoms with Crippen LogP contribution in [0.15, 0.2) is 46.0 Å². The highest BCUT2D eigenvalue weighted by atomic mass is 32.2. The first kappa shape index (κ1) is 19.8. The third kappa shape index (κ3) is 4.66. The second-order valence-electron chi connectivity index (χ2n) is 6.33. The molecule has 2 aromatic heterocycles. The number of esters is 1. The van der Waals surface area contributed by atoms with Crippen molar-refractivity contribution >= 4 is 17.7 Å². The predicted octanol–water partition coefficient (Wildman–Crippen LogP) is 3.37. The Balaban J connectivity index is 1.56. The van der Waals surface area contributed by atoms with Gasteiger partial charge >= 0.3 is 5.97 Å². The average Bonchev–Trinajstić information content (AvgIpc) is 3.31. The summed E-state index contributed by atoms with van der Waals surface area (Å²) < 4.78 is 17.2. The molecule has 2 heterocycles. The number of nitrogens with two attached hydrogens (primary N) is 1. The molecule has 0 saturated heterocycles. The molecule has 0 aliphatic carbocycles. The van der Waals surface area contributed by atoms with Gasteiger partial charge in [-0.3, -0.25) is 0 Å². The molecule has 0 unspecified atom stereocenters. The minimum Gasteiger partial charge on any atom is -0.486 e. The van der Waals surface area contributed by atoms with Crippen LogP contribution in [0.4, 0.5) is 0 Å². The zero-order valence-corrected chi connectivity index (χ0v) is 16.7. The third-order valence-corrected chi connectivity index (χ3v) is 5.01. The van der Waals surface area contributed by atoms with Crippen molar-refractivity contribution in [2.24, 2.45) is 0 Å². The highest BCUT2D eigenvalue weighted by Gasteiger charge is 2.14. The number of methoxy groups -OCH3 is 1. The van der Waals surface area contributed by atoms with E-state index in [0.717, 1.165) is 5.75 Å². The summed E-state index contributed by atoms with van der Waals surface area (Å²) in [5, 5.41) is 8.67. The first-order valence-corrected chi connectivity index (χ1v) is 9.68. The lowest BCUT2D eigenvalue weighted by molar-refractivity contribution is 0.0563. The van der Waals surface area contributed by atoms with E-state index in [9.17, 15) is 4.79 Å². The molecule has 9 heteroatoms. The summed E-state index contributed by atoms with van der Waals surface area (Å²) in [5.74, 6) is 8.47. The molecule has 0 spiro atoms. The molecule has 28 heavy (non-hydrogen) atoms. The number of rotatable bonds is 8. The lowest BCUT2D eigenvalue weighted by Crippen LogP contribution is -2.15. The van der Waals surface area contributed by atoms with E-state index < -0.39 is 5.97 Å². The zero-order valence-electron chi connectivity index (χ0n) is 15.9. The quantitative estimate of drug-likeness (QED) is 0.347. The molecule has 148 valence electrons. The molecule has 1 aromatic carbocycles. The summed E-state index contributed by atoms with van der Waals surface area (Å²) in [6.07, 6.45) is 0. The van der Waals surface area contributed by atoms with Gasteiger partial charge in [-0.2, -0.15) is 0 Å². The number of hydrogen-bond donors (Lipinski definition) is 1. The van der Waals surface area contributed by atoms with E-state index in [1.165, 1.54) is 29.1 Å². The largest absolute Gasteiger partial charge is 0.486 e. The summed E-state index contributed by atoms with van der Waals surface area (Å²) in [5.41, 5.74) is 1.25. The van der Waals surface area contributed by atoms with Crippen LogP contribution in [0.5, 0.6) is 5.75 Å². The van der Waals surface area contributed by atoms with Gasteiger partial charge in [-0.15, -0.1) is 10.2 Å². The van der Waals surface area contributed by atoms with Crippen molar-refractivity contribution < 1.29 is 18.7 Å². The van der Waals surface area contributed by atoms with Gasteiger partial charge in [0.1, 0.15) is 18.1 Å². The predicted molar refractivity (Wildman–Crippen MR) is 105 cm³/mol. The number of nitrogens with zero attached hydrogens (tertiary/aromatic N) is 3. The van der Waals surface area contributed by atoms with Gasteiger partial charge in [0.25, 0.3) is 0 Å². The minimum absolute atomic E-state index is 0.157. The van der Waals surface area contributed by atoms with E-state index in [1.54, 1.807) is 12.1 Å². The van der Waals surface area contributed by atoms with Gasteiger partial charge in [-0.25, -0.2) is 9.47 Å². The number of carbonyl (C=O) groups is 1. The van der Waals surface area contributed by atoms with Crippen LogP contribution in [0, 0.1) is 0 Å². The molecule has 0 bridgehead atoms. The fraction of sp³-hybridized carbons (Fsp3) is 0.316. The highest BCUT2D eigenvalue weighted by molar-refractivity contribution is 7.98. The molecule has 2 N–H and O–H groups in total. The fourth-order valence-electron chi connectivity index (χ4n) is 2.40. The third-order valence-electron chi connectivity index (χ3n) is 4.04. The number of thioether (sulfide) groups is 1. The molecular weight excluding hydrogens is 380 g/mol. The van der Waals surface area contributed by atoms with Crippen molar-refractivity contribution in [2.45, 2.75) is 37.3 Å². The maximum absolute atomic E-state index is 11.4. The number of aromatic nitrogens is 3. The van der Waals surface area contributed by atoms with Crippen molar-refractivity contribution in [2.75, 3.05) is 13.0 Å². The summed E-state index contributed by atoms with van der Waals surface area (Å²) in [6.45, 7) is 4.49. The normalized spacial score (nSPS) is 11.0. The topological polar surface area (TPSA) is 105 Å². The average molecular weight is 402 g/mol. The first-order chi connectivity index (χ1) is 13.5. The minimum atomic E-state index is -0.515. The van der Waals surface area contributed by atoms with Crippen molar-refractivity contribution in [3.05, 3.63) is 59.3 Å². The summed E-state index contributed by atoms with van der Waals surface area (Å²) >= 11 is 1.34. The van der Waals surface area contributed by atoms with Crippen LogP contribution in [-0.2, 0) is 17.1 Å². The molecule has 0 amide bonds. The van der Waals surface area contributed by atoms with Gasteiger partial charge in [-0.1, -0.05) is 37.7 Å². The van der Waals surface area contributed by atoms with Crippen LogP contribution in [0.1, 0.15) is 47.5 Å². The van der Waals surface area contributed by atoms with E-state index in [2.05, 4.69) is 28.8 Å². The Labute approximate surface area is 167 Å². The van der Waals surface area contributed by atoms with E-state index in [1.807, 2.05) is 24.3 Å². The Morgan fingerprint density at radius 3 is 2.64 bits per heavy atom. The molecule has 3 rings (SSSR count). The van der Waals surface area contributed by atoms with Gasteiger partial charge in [0.2, 0.25) is 10.9 Å². The van der Waals surface area contributed by atoms with E-state index in [0.29, 0.717) is 28.4 Å². The maximum Gasteiger partial charge on any atom is 0.373 e. The summed E-state index contributed by atoms with van der Waals surface area (Å²) in [7, 11) is 1.30. The van der Waals surface area contributed by atoms with Crippen LogP contribution in [0.25, 0.3) is 0 Å². The maximum atomic E-state index is 11.4. The second-order valence-corrected chi connectivity index (χ2v) is 7.27. The van der Waals surface area contributed by atoms with Gasteiger partial charge < -0.3 is 19.7 Å². The Morgan fingerprint density at radius 2 is 1.96 bits per heavy atom. The number of ether oxygens (including phenoxy) is 2. The zero-order chi connectivity index (χ0) is 20.1. The molecular formula is C19H22N4O4S. The number of carbonyl (C=O) groups excluding carboxylic acids is 1. The summed E-state index contributed by atoms with van der Waals surface area (Å²) in [4.78, 5) is 11.4. The molecule has 0 radical (unpaired) electrons. The summed E-state index contributed by atoms with van der Waals surface area (Å²) in [6, 6.07) is 11.2. The van der Waals surface area contributed by atoms with Crippen molar-refractivity contribution in [3.63, 3.8) is 0 Å². The fourth-order valence-corrected chi connectivity index (χ4v) is 3.17. The van der Waals surface area contributed by atoms with E-state index >= 15 is 0 Å². The van der Waals surface area contributed by atoms with Crippen LogP contribution in [0.2, 0.25) is 0 Å². The van der Waals surface area contributed by atoms with Gasteiger partial charge in [0.05, 0.1) is 12.9 Å². The second kappa shape index (κ2) is 8.83. The van der Waals surface area contributed by atoms with Crippen molar-refractivity contribution in [1.29, 1.82) is 0 Å². The van der Waals surface area contributed by atoms with Crippen LogP contribution >= 0.6 is 11.8 Å². The molecule has 0 saturated carbocycles. The Bertz CT molecular complexity index is 934. The van der Waals surface area contributed by atoms with E-state index in [-0.39, 0.29) is 12.4 Å². The lowest BCUT2D eigenvalue weighted by atomic mass is 10.0. The smallest absolute Gasteiger partial charge is 0.373 e.